The van der Waals surface area contributed by atoms with Crippen molar-refractivity contribution in [3.8, 4) is 17.6 Å². The minimum absolute atomic E-state index is 0.186. The second-order valence-electron chi connectivity index (χ2n) is 4.06. The fraction of sp³-hybridized carbons (Fsp3) is 0.462. The topological polar surface area (TPSA) is 54.3 Å². The molecule has 4 heteroatoms. The number of nitrogens with one attached hydrogen (secondary N) is 1. The maximum Gasteiger partial charge on any atom is 0.162 e. The third-order valence-electron chi connectivity index (χ3n) is 2.84. The maximum absolute atomic E-state index is 8.81. The molecule has 1 saturated heterocycles. The van der Waals surface area contributed by atoms with Crippen molar-refractivity contribution in [3.05, 3.63) is 23.8 Å². The van der Waals surface area contributed by atoms with E-state index in [0.29, 0.717) is 17.1 Å². The van der Waals surface area contributed by atoms with E-state index in [1.165, 1.54) is 0 Å². The molecule has 0 spiro atoms. The molecular weight excluding hydrogens is 216 g/mol. The molecule has 1 atom stereocenters. The number of hydrogen-bond acceptors (Lipinski definition) is 4. The number of ether oxygens (including phenoxy) is 2. The third-order valence-corrected chi connectivity index (χ3v) is 2.84. The molecule has 1 aliphatic rings. The van der Waals surface area contributed by atoms with Crippen LogP contribution in [-0.2, 0) is 0 Å². The molecule has 1 heterocycles. The first-order chi connectivity index (χ1) is 8.33. The van der Waals surface area contributed by atoms with Gasteiger partial charge in [-0.05, 0) is 31.5 Å². The number of rotatable bonds is 3. The summed E-state index contributed by atoms with van der Waals surface area (Å²) in [5, 5.41) is 12.1. The Hall–Kier alpha value is -1.73. The Bertz CT molecular complexity index is 420. The minimum atomic E-state index is 0.186. The summed E-state index contributed by atoms with van der Waals surface area (Å²) >= 11 is 0. The van der Waals surface area contributed by atoms with E-state index < -0.39 is 0 Å². The molecule has 90 valence electrons. The van der Waals surface area contributed by atoms with Crippen LogP contribution in [0, 0.1) is 11.3 Å². The summed E-state index contributed by atoms with van der Waals surface area (Å²) in [6.07, 6.45) is 2.37. The van der Waals surface area contributed by atoms with Gasteiger partial charge in [-0.2, -0.15) is 5.26 Å². The van der Waals surface area contributed by atoms with E-state index in [4.69, 9.17) is 14.7 Å². The minimum Gasteiger partial charge on any atom is -0.493 e. The van der Waals surface area contributed by atoms with Crippen molar-refractivity contribution in [2.24, 2.45) is 0 Å². The fourth-order valence-electron chi connectivity index (χ4n) is 1.93. The lowest BCUT2D eigenvalue weighted by Gasteiger charge is -2.24. The molecule has 1 fully saturated rings. The van der Waals surface area contributed by atoms with Gasteiger partial charge in [-0.25, -0.2) is 0 Å². The van der Waals surface area contributed by atoms with E-state index in [9.17, 15) is 0 Å². The van der Waals surface area contributed by atoms with Gasteiger partial charge in [-0.3, -0.25) is 0 Å². The summed E-state index contributed by atoms with van der Waals surface area (Å²) in [6, 6.07) is 7.33. The number of hydrogen-bond donors (Lipinski definition) is 1. The monoisotopic (exact) mass is 232 g/mol. The molecule has 0 aliphatic carbocycles. The zero-order valence-electron chi connectivity index (χ0n) is 9.90. The predicted octanol–water partition coefficient (Wildman–Crippen LogP) is 1.70. The van der Waals surface area contributed by atoms with Crippen LogP contribution in [0.1, 0.15) is 18.4 Å². The highest BCUT2D eigenvalue weighted by Gasteiger charge is 2.16. The molecule has 1 aromatic rings. The van der Waals surface area contributed by atoms with Crippen LogP contribution in [0.3, 0.4) is 0 Å². The van der Waals surface area contributed by atoms with E-state index in [2.05, 4.69) is 11.4 Å². The Balaban J connectivity index is 2.11. The van der Waals surface area contributed by atoms with E-state index in [1.807, 2.05) is 0 Å². The smallest absolute Gasteiger partial charge is 0.162 e. The lowest BCUT2D eigenvalue weighted by Crippen LogP contribution is -2.37. The molecule has 1 aromatic carbocycles. The first-order valence-electron chi connectivity index (χ1n) is 5.79. The van der Waals surface area contributed by atoms with Gasteiger partial charge in [0.2, 0.25) is 0 Å². The van der Waals surface area contributed by atoms with Crippen molar-refractivity contribution in [1.82, 2.24) is 5.32 Å². The first-order valence-corrected chi connectivity index (χ1v) is 5.79. The van der Waals surface area contributed by atoms with Crippen LogP contribution < -0.4 is 14.8 Å². The van der Waals surface area contributed by atoms with Gasteiger partial charge >= 0.3 is 0 Å². The summed E-state index contributed by atoms with van der Waals surface area (Å²) in [4.78, 5) is 0. The first kappa shape index (κ1) is 11.7. The van der Waals surface area contributed by atoms with Gasteiger partial charge in [-0.1, -0.05) is 0 Å². The molecule has 0 radical (unpaired) electrons. The van der Waals surface area contributed by atoms with Crippen LogP contribution in [-0.4, -0.2) is 26.3 Å². The van der Waals surface area contributed by atoms with Gasteiger partial charge < -0.3 is 14.8 Å². The van der Waals surface area contributed by atoms with Gasteiger partial charge in [-0.15, -0.1) is 0 Å². The van der Waals surface area contributed by atoms with Crippen molar-refractivity contribution >= 4 is 0 Å². The number of methoxy groups -OCH3 is 1. The van der Waals surface area contributed by atoms with Gasteiger partial charge in [0, 0.05) is 12.6 Å². The molecule has 1 unspecified atom stereocenters. The fourth-order valence-corrected chi connectivity index (χ4v) is 1.93. The molecule has 0 bridgehead atoms. The summed E-state index contributed by atoms with van der Waals surface area (Å²) in [6.45, 7) is 1.92. The second kappa shape index (κ2) is 5.55. The van der Waals surface area contributed by atoms with E-state index >= 15 is 0 Å². The molecule has 1 N–H and O–H groups in total. The van der Waals surface area contributed by atoms with E-state index in [0.717, 1.165) is 25.9 Å². The Morgan fingerprint density at radius 2 is 2.29 bits per heavy atom. The predicted molar refractivity (Wildman–Crippen MR) is 64.2 cm³/mol. The molecular formula is C13H16N2O2. The average Bonchev–Trinajstić information content (AvgIpc) is 2.40. The molecule has 0 amide bonds. The SMILES string of the molecule is COc1cc(C#N)ccc1OC1CCCNC1. The average molecular weight is 232 g/mol. The van der Waals surface area contributed by atoms with Crippen LogP contribution in [0.15, 0.2) is 18.2 Å². The molecule has 17 heavy (non-hydrogen) atoms. The van der Waals surface area contributed by atoms with Gasteiger partial charge in [0.15, 0.2) is 11.5 Å². The summed E-state index contributed by atoms with van der Waals surface area (Å²) in [5.74, 6) is 1.33. The van der Waals surface area contributed by atoms with E-state index in [-0.39, 0.29) is 6.10 Å². The summed E-state index contributed by atoms with van der Waals surface area (Å²) in [5.41, 5.74) is 0.580. The standard InChI is InChI=1S/C13H16N2O2/c1-16-13-7-10(8-14)4-5-12(13)17-11-3-2-6-15-9-11/h4-5,7,11,15H,2-3,6,9H2,1H3. The van der Waals surface area contributed by atoms with Crippen LogP contribution in [0.5, 0.6) is 11.5 Å². The van der Waals surface area contributed by atoms with Crippen molar-refractivity contribution < 1.29 is 9.47 Å². The van der Waals surface area contributed by atoms with Crippen LogP contribution in [0.4, 0.5) is 0 Å². The van der Waals surface area contributed by atoms with Crippen LogP contribution >= 0.6 is 0 Å². The van der Waals surface area contributed by atoms with Crippen molar-refractivity contribution in [2.45, 2.75) is 18.9 Å². The summed E-state index contributed by atoms with van der Waals surface area (Å²) in [7, 11) is 1.59. The van der Waals surface area contributed by atoms with Crippen LogP contribution in [0.2, 0.25) is 0 Å². The van der Waals surface area contributed by atoms with Crippen molar-refractivity contribution in [3.63, 3.8) is 0 Å². The third kappa shape index (κ3) is 2.89. The normalized spacial score (nSPS) is 19.4. The molecule has 2 rings (SSSR count). The van der Waals surface area contributed by atoms with E-state index in [1.54, 1.807) is 25.3 Å². The Kier molecular flexibility index (Phi) is 3.84. The highest BCUT2D eigenvalue weighted by molar-refractivity contribution is 5.46. The number of nitriles is 1. The van der Waals surface area contributed by atoms with Gasteiger partial charge in [0.25, 0.3) is 0 Å². The molecule has 0 aromatic heterocycles. The maximum atomic E-state index is 8.81. The lowest BCUT2D eigenvalue weighted by atomic mass is 10.1. The zero-order chi connectivity index (χ0) is 12.1. The van der Waals surface area contributed by atoms with Crippen molar-refractivity contribution in [2.75, 3.05) is 20.2 Å². The number of nitrogens with zero attached hydrogens (tertiary/aromatic N) is 1. The van der Waals surface area contributed by atoms with Crippen molar-refractivity contribution in [1.29, 1.82) is 5.26 Å². The lowest BCUT2D eigenvalue weighted by molar-refractivity contribution is 0.161. The molecule has 0 saturated carbocycles. The molecule has 4 nitrogen and oxygen atoms in total. The quantitative estimate of drug-likeness (QED) is 0.861. The number of benzene rings is 1. The van der Waals surface area contributed by atoms with Crippen LogP contribution in [0.25, 0.3) is 0 Å². The van der Waals surface area contributed by atoms with Gasteiger partial charge in [0.1, 0.15) is 6.10 Å². The summed E-state index contributed by atoms with van der Waals surface area (Å²) < 4.78 is 11.1. The second-order valence-corrected chi connectivity index (χ2v) is 4.06. The highest BCUT2D eigenvalue weighted by atomic mass is 16.5. The Morgan fingerprint density at radius 3 is 2.94 bits per heavy atom. The van der Waals surface area contributed by atoms with Gasteiger partial charge in [0.05, 0.1) is 18.7 Å². The Labute approximate surface area is 101 Å². The molecule has 1 aliphatic heterocycles. The largest absolute Gasteiger partial charge is 0.493 e. The Morgan fingerprint density at radius 1 is 1.41 bits per heavy atom. The number of piperidine rings is 1. The highest BCUT2D eigenvalue weighted by Crippen LogP contribution is 2.29. The zero-order valence-corrected chi connectivity index (χ0v) is 9.90.